The number of hydrogen-bond donors (Lipinski definition) is 1. The molecule has 0 saturated heterocycles. The van der Waals surface area contributed by atoms with Gasteiger partial charge in [-0.05, 0) is 19.1 Å². The van der Waals surface area contributed by atoms with E-state index in [1.807, 2.05) is 6.92 Å². The second-order valence-corrected chi connectivity index (χ2v) is 5.58. The highest BCUT2D eigenvalue weighted by atomic mass is 32.2. The van der Waals surface area contributed by atoms with Crippen LogP contribution in [0.25, 0.3) is 11.0 Å². The zero-order valence-corrected chi connectivity index (χ0v) is 10.8. The Hall–Kier alpha value is -1.76. The Labute approximate surface area is 106 Å². The highest BCUT2D eigenvalue weighted by Gasteiger charge is 2.18. The molecule has 2 rings (SSSR count). The quantitative estimate of drug-likeness (QED) is 0.895. The lowest BCUT2D eigenvalue weighted by Crippen LogP contribution is -2.15. The van der Waals surface area contributed by atoms with Gasteiger partial charge in [0.1, 0.15) is 11.0 Å². The maximum absolute atomic E-state index is 11.2. The molecule has 0 aliphatic rings. The van der Waals surface area contributed by atoms with Gasteiger partial charge in [-0.15, -0.1) is 5.10 Å². The smallest absolute Gasteiger partial charge is 0.337 e. The van der Waals surface area contributed by atoms with Crippen molar-refractivity contribution in [3.63, 3.8) is 0 Å². The van der Waals surface area contributed by atoms with Crippen LogP contribution in [0.1, 0.15) is 23.3 Å². The summed E-state index contributed by atoms with van der Waals surface area (Å²) in [6, 6.07) is 4.69. The average molecular weight is 267 g/mol. The van der Waals surface area contributed by atoms with E-state index in [0.29, 0.717) is 16.8 Å². The second kappa shape index (κ2) is 4.85. The molecule has 18 heavy (non-hydrogen) atoms. The minimum atomic E-state index is -1.02. The van der Waals surface area contributed by atoms with E-state index in [4.69, 9.17) is 5.11 Å². The highest BCUT2D eigenvalue weighted by molar-refractivity contribution is 7.84. The van der Waals surface area contributed by atoms with Crippen LogP contribution in [-0.4, -0.2) is 42.3 Å². The summed E-state index contributed by atoms with van der Waals surface area (Å²) in [7, 11) is -0.977. The van der Waals surface area contributed by atoms with Crippen molar-refractivity contribution in [1.82, 2.24) is 15.0 Å². The predicted octanol–water partition coefficient (Wildman–Crippen LogP) is 1.07. The molecule has 6 nitrogen and oxygen atoms in total. The number of hydrogen-bond acceptors (Lipinski definition) is 4. The SMILES string of the molecule is CC(CS(C)=O)n1nnc2cccc(C(=O)O)c21. The number of rotatable bonds is 4. The summed E-state index contributed by atoms with van der Waals surface area (Å²) < 4.78 is 12.8. The topological polar surface area (TPSA) is 85.1 Å². The molecule has 0 aliphatic heterocycles. The van der Waals surface area contributed by atoms with Crippen LogP contribution in [0.2, 0.25) is 0 Å². The normalized spacial score (nSPS) is 14.6. The fourth-order valence-electron chi connectivity index (χ4n) is 1.89. The van der Waals surface area contributed by atoms with Crippen molar-refractivity contribution in [2.45, 2.75) is 13.0 Å². The standard InChI is InChI=1S/C11H13N3O3S/c1-7(6-18(2)17)14-10-8(11(15)16)4-3-5-9(10)12-13-14/h3-5,7H,6H2,1-2H3,(H,15,16). The zero-order chi connectivity index (χ0) is 13.3. The Morgan fingerprint density at radius 3 is 2.89 bits per heavy atom. The Balaban J connectivity index is 2.58. The largest absolute Gasteiger partial charge is 0.478 e. The maximum atomic E-state index is 11.2. The van der Waals surface area contributed by atoms with Crippen LogP contribution < -0.4 is 0 Å². The molecule has 96 valence electrons. The summed E-state index contributed by atoms with van der Waals surface area (Å²) in [5, 5.41) is 17.1. The third kappa shape index (κ3) is 2.26. The van der Waals surface area contributed by atoms with Crippen LogP contribution in [0.5, 0.6) is 0 Å². The van der Waals surface area contributed by atoms with E-state index >= 15 is 0 Å². The predicted molar refractivity (Wildman–Crippen MR) is 68.1 cm³/mol. The van der Waals surface area contributed by atoms with Gasteiger partial charge < -0.3 is 5.11 Å². The molecule has 7 heteroatoms. The molecule has 0 saturated carbocycles. The Bertz CT molecular complexity index is 623. The van der Waals surface area contributed by atoms with Crippen molar-refractivity contribution in [3.8, 4) is 0 Å². The minimum Gasteiger partial charge on any atom is -0.478 e. The van der Waals surface area contributed by atoms with E-state index in [0.717, 1.165) is 0 Å². The molecule has 1 N–H and O–H groups in total. The fourth-order valence-corrected chi connectivity index (χ4v) is 2.71. The number of aromatic carboxylic acids is 1. The molecule has 0 bridgehead atoms. The first-order chi connectivity index (χ1) is 8.50. The van der Waals surface area contributed by atoms with Gasteiger partial charge in [0.15, 0.2) is 0 Å². The number of fused-ring (bicyclic) bond motifs is 1. The van der Waals surface area contributed by atoms with Gasteiger partial charge in [-0.25, -0.2) is 9.48 Å². The third-order valence-electron chi connectivity index (χ3n) is 2.62. The summed E-state index contributed by atoms with van der Waals surface area (Å²) in [5.41, 5.74) is 1.16. The fraction of sp³-hybridized carbons (Fsp3) is 0.364. The number of benzene rings is 1. The molecule has 2 atom stereocenters. The summed E-state index contributed by atoms with van der Waals surface area (Å²) in [6.45, 7) is 1.84. The molecule has 1 heterocycles. The van der Waals surface area contributed by atoms with Gasteiger partial charge in [0.25, 0.3) is 0 Å². The van der Waals surface area contributed by atoms with E-state index in [1.54, 1.807) is 18.4 Å². The van der Waals surface area contributed by atoms with E-state index in [2.05, 4.69) is 10.3 Å². The molecule has 2 unspecified atom stereocenters. The Morgan fingerprint density at radius 1 is 1.56 bits per heavy atom. The molecule has 0 radical (unpaired) electrons. The maximum Gasteiger partial charge on any atom is 0.337 e. The molecular weight excluding hydrogens is 254 g/mol. The Kier molecular flexibility index (Phi) is 3.42. The van der Waals surface area contributed by atoms with Gasteiger partial charge in [-0.3, -0.25) is 4.21 Å². The Morgan fingerprint density at radius 2 is 2.28 bits per heavy atom. The van der Waals surface area contributed by atoms with E-state index in [-0.39, 0.29) is 11.6 Å². The lowest BCUT2D eigenvalue weighted by molar-refractivity contribution is 0.0698. The molecule has 0 fully saturated rings. The van der Waals surface area contributed by atoms with Crippen molar-refractivity contribution in [1.29, 1.82) is 0 Å². The van der Waals surface area contributed by atoms with Crippen molar-refractivity contribution < 1.29 is 14.1 Å². The van der Waals surface area contributed by atoms with Crippen LogP contribution in [0.4, 0.5) is 0 Å². The van der Waals surface area contributed by atoms with Crippen LogP contribution >= 0.6 is 0 Å². The molecule has 0 aliphatic carbocycles. The molecule has 2 aromatic rings. The number of carboxylic acids is 1. The highest BCUT2D eigenvalue weighted by Crippen LogP contribution is 2.20. The average Bonchev–Trinajstić information content (AvgIpc) is 2.70. The lowest BCUT2D eigenvalue weighted by Gasteiger charge is -2.11. The molecule has 0 amide bonds. The second-order valence-electron chi connectivity index (χ2n) is 4.10. The van der Waals surface area contributed by atoms with Crippen LogP contribution in [0.15, 0.2) is 18.2 Å². The van der Waals surface area contributed by atoms with Crippen molar-refractivity contribution >= 4 is 27.8 Å². The molecule has 1 aromatic carbocycles. The number of nitrogens with zero attached hydrogens (tertiary/aromatic N) is 3. The zero-order valence-electron chi connectivity index (χ0n) is 10.0. The number of carboxylic acid groups (broad SMARTS) is 1. The van der Waals surface area contributed by atoms with Gasteiger partial charge in [0.05, 0.1) is 11.6 Å². The summed E-state index contributed by atoms with van der Waals surface area (Å²) >= 11 is 0. The van der Waals surface area contributed by atoms with Gasteiger partial charge in [-0.1, -0.05) is 11.3 Å². The van der Waals surface area contributed by atoms with Crippen molar-refractivity contribution in [3.05, 3.63) is 23.8 Å². The summed E-state index contributed by atoms with van der Waals surface area (Å²) in [6.07, 6.45) is 1.60. The minimum absolute atomic E-state index is 0.159. The number of aromatic nitrogens is 3. The first kappa shape index (κ1) is 12.7. The monoisotopic (exact) mass is 267 g/mol. The molecule has 1 aromatic heterocycles. The van der Waals surface area contributed by atoms with E-state index in [1.165, 1.54) is 10.7 Å². The number of carbonyl (C=O) groups is 1. The van der Waals surface area contributed by atoms with Crippen LogP contribution in [0, 0.1) is 0 Å². The third-order valence-corrected chi connectivity index (χ3v) is 3.57. The van der Waals surface area contributed by atoms with E-state index in [9.17, 15) is 9.00 Å². The molecular formula is C11H13N3O3S. The van der Waals surface area contributed by atoms with Crippen molar-refractivity contribution in [2.75, 3.05) is 12.0 Å². The van der Waals surface area contributed by atoms with E-state index < -0.39 is 16.8 Å². The van der Waals surface area contributed by atoms with Crippen LogP contribution in [0.3, 0.4) is 0 Å². The van der Waals surface area contributed by atoms with Crippen LogP contribution in [-0.2, 0) is 10.8 Å². The number of para-hydroxylation sites is 1. The first-order valence-corrected chi connectivity index (χ1v) is 7.10. The summed E-state index contributed by atoms with van der Waals surface area (Å²) in [4.78, 5) is 11.2. The summed E-state index contributed by atoms with van der Waals surface area (Å²) in [5.74, 6) is -0.610. The van der Waals surface area contributed by atoms with Gasteiger partial charge >= 0.3 is 5.97 Å². The van der Waals surface area contributed by atoms with Crippen molar-refractivity contribution in [2.24, 2.45) is 0 Å². The lowest BCUT2D eigenvalue weighted by atomic mass is 10.2. The first-order valence-electron chi connectivity index (χ1n) is 5.38. The molecule has 0 spiro atoms. The van der Waals surface area contributed by atoms with Gasteiger partial charge in [0.2, 0.25) is 0 Å². The van der Waals surface area contributed by atoms with Gasteiger partial charge in [0, 0.05) is 22.8 Å². The van der Waals surface area contributed by atoms with Gasteiger partial charge in [-0.2, -0.15) is 0 Å².